The van der Waals surface area contributed by atoms with Gasteiger partial charge < -0.3 is 5.32 Å². The van der Waals surface area contributed by atoms with E-state index in [4.69, 9.17) is 11.6 Å². The van der Waals surface area contributed by atoms with Crippen LogP contribution in [0.15, 0.2) is 18.2 Å². The number of likely N-dealkylation sites (N-methyl/N-ethyl adjacent to an activating group) is 1. The Balaban J connectivity index is 2.09. The molecule has 1 aromatic rings. The SMILES string of the molecule is CCN(Cc1cccc(Cl)c1F)C1CCNC1. The summed E-state index contributed by atoms with van der Waals surface area (Å²) in [7, 11) is 0. The van der Waals surface area contributed by atoms with Crippen LogP contribution in [0.2, 0.25) is 5.02 Å². The Kier molecular flexibility index (Phi) is 4.37. The number of rotatable bonds is 4. The zero-order valence-electron chi connectivity index (χ0n) is 10.0. The highest BCUT2D eigenvalue weighted by atomic mass is 35.5. The number of nitrogens with zero attached hydrogens (tertiary/aromatic N) is 1. The van der Waals surface area contributed by atoms with Gasteiger partial charge in [0.05, 0.1) is 5.02 Å². The monoisotopic (exact) mass is 256 g/mol. The van der Waals surface area contributed by atoms with Gasteiger partial charge >= 0.3 is 0 Å². The van der Waals surface area contributed by atoms with E-state index >= 15 is 0 Å². The van der Waals surface area contributed by atoms with Crippen LogP contribution in [0, 0.1) is 5.82 Å². The number of halogens is 2. The van der Waals surface area contributed by atoms with Crippen molar-refractivity contribution < 1.29 is 4.39 Å². The molecule has 1 atom stereocenters. The molecule has 1 heterocycles. The molecule has 2 rings (SSSR count). The average molecular weight is 257 g/mol. The fraction of sp³-hybridized carbons (Fsp3) is 0.538. The first kappa shape index (κ1) is 12.8. The summed E-state index contributed by atoms with van der Waals surface area (Å²) in [6.45, 7) is 5.73. The summed E-state index contributed by atoms with van der Waals surface area (Å²) in [4.78, 5) is 2.30. The van der Waals surface area contributed by atoms with Crippen molar-refractivity contribution in [1.82, 2.24) is 10.2 Å². The fourth-order valence-electron chi connectivity index (χ4n) is 2.34. The second-order valence-electron chi connectivity index (χ2n) is 4.42. The highest BCUT2D eigenvalue weighted by molar-refractivity contribution is 6.30. The summed E-state index contributed by atoms with van der Waals surface area (Å²) in [6, 6.07) is 5.72. The van der Waals surface area contributed by atoms with E-state index in [1.165, 1.54) is 0 Å². The second kappa shape index (κ2) is 5.80. The maximum atomic E-state index is 13.8. The summed E-state index contributed by atoms with van der Waals surface area (Å²) in [5, 5.41) is 3.55. The van der Waals surface area contributed by atoms with Gasteiger partial charge in [0.1, 0.15) is 5.82 Å². The molecule has 1 N–H and O–H groups in total. The molecule has 0 amide bonds. The first-order valence-corrected chi connectivity index (χ1v) is 6.47. The molecule has 0 aromatic heterocycles. The Morgan fingerprint density at radius 1 is 1.53 bits per heavy atom. The van der Waals surface area contributed by atoms with E-state index < -0.39 is 0 Å². The number of hydrogen-bond donors (Lipinski definition) is 1. The van der Waals surface area contributed by atoms with Gasteiger partial charge in [-0.25, -0.2) is 4.39 Å². The third kappa shape index (κ3) is 2.97. The maximum Gasteiger partial charge on any atom is 0.146 e. The standard InChI is InChI=1S/C13H18ClFN2/c1-2-17(11-6-7-16-8-11)9-10-4-3-5-12(14)13(10)15/h3-5,11,16H,2,6-9H2,1H3. The van der Waals surface area contributed by atoms with Gasteiger partial charge in [0.2, 0.25) is 0 Å². The molecule has 1 aromatic carbocycles. The summed E-state index contributed by atoms with van der Waals surface area (Å²) in [6.07, 6.45) is 1.13. The highest BCUT2D eigenvalue weighted by Gasteiger charge is 2.22. The van der Waals surface area contributed by atoms with Crippen molar-refractivity contribution >= 4 is 11.6 Å². The van der Waals surface area contributed by atoms with Gasteiger partial charge in [-0.1, -0.05) is 30.7 Å². The van der Waals surface area contributed by atoms with Crippen LogP contribution in [0.5, 0.6) is 0 Å². The minimum Gasteiger partial charge on any atom is -0.315 e. The number of nitrogens with one attached hydrogen (secondary N) is 1. The Morgan fingerprint density at radius 3 is 3.00 bits per heavy atom. The topological polar surface area (TPSA) is 15.3 Å². The fourth-order valence-corrected chi connectivity index (χ4v) is 2.53. The Bertz CT molecular complexity index is 378. The minimum absolute atomic E-state index is 0.211. The van der Waals surface area contributed by atoms with Crippen LogP contribution >= 0.6 is 11.6 Å². The maximum absolute atomic E-state index is 13.8. The lowest BCUT2D eigenvalue weighted by Crippen LogP contribution is -2.36. The predicted molar refractivity (Wildman–Crippen MR) is 68.8 cm³/mol. The summed E-state index contributed by atoms with van der Waals surface area (Å²) < 4.78 is 13.8. The molecule has 4 heteroatoms. The van der Waals surface area contributed by atoms with Crippen LogP contribution in [-0.2, 0) is 6.54 Å². The summed E-state index contributed by atoms with van der Waals surface area (Å²) in [5.41, 5.74) is 0.686. The van der Waals surface area contributed by atoms with Crippen LogP contribution in [0.1, 0.15) is 18.9 Å². The van der Waals surface area contributed by atoms with Crippen molar-refractivity contribution in [2.45, 2.75) is 25.9 Å². The number of benzene rings is 1. The third-order valence-corrected chi connectivity index (χ3v) is 3.65. The van der Waals surface area contributed by atoms with Crippen molar-refractivity contribution in [1.29, 1.82) is 0 Å². The largest absolute Gasteiger partial charge is 0.315 e. The van der Waals surface area contributed by atoms with E-state index in [-0.39, 0.29) is 10.8 Å². The van der Waals surface area contributed by atoms with Crippen LogP contribution < -0.4 is 5.32 Å². The molecule has 1 aliphatic heterocycles. The molecule has 0 bridgehead atoms. The lowest BCUT2D eigenvalue weighted by Gasteiger charge is -2.27. The van der Waals surface area contributed by atoms with E-state index in [2.05, 4.69) is 17.1 Å². The van der Waals surface area contributed by atoms with Crippen molar-refractivity contribution in [2.24, 2.45) is 0 Å². The van der Waals surface area contributed by atoms with Gasteiger partial charge in [0.25, 0.3) is 0 Å². The minimum atomic E-state index is -0.279. The first-order chi connectivity index (χ1) is 8.22. The van der Waals surface area contributed by atoms with Crippen molar-refractivity contribution in [3.05, 3.63) is 34.6 Å². The lowest BCUT2D eigenvalue weighted by molar-refractivity contribution is 0.208. The molecule has 0 aliphatic carbocycles. The molecule has 2 nitrogen and oxygen atoms in total. The normalized spacial score (nSPS) is 20.1. The highest BCUT2D eigenvalue weighted by Crippen LogP contribution is 2.21. The van der Waals surface area contributed by atoms with Gasteiger partial charge in [0, 0.05) is 24.7 Å². The van der Waals surface area contributed by atoms with Crippen molar-refractivity contribution in [3.63, 3.8) is 0 Å². The molecule has 1 aliphatic rings. The Hall–Kier alpha value is -0.640. The van der Waals surface area contributed by atoms with Crippen LogP contribution in [0.3, 0.4) is 0 Å². The van der Waals surface area contributed by atoms with E-state index in [0.717, 1.165) is 26.1 Å². The van der Waals surface area contributed by atoms with Gasteiger partial charge in [-0.3, -0.25) is 4.90 Å². The van der Waals surface area contributed by atoms with Crippen LogP contribution in [0.4, 0.5) is 4.39 Å². The van der Waals surface area contributed by atoms with Gasteiger partial charge in [-0.05, 0) is 25.6 Å². The molecule has 0 spiro atoms. The van der Waals surface area contributed by atoms with E-state index in [1.807, 2.05) is 12.1 Å². The molecule has 1 saturated heterocycles. The zero-order valence-corrected chi connectivity index (χ0v) is 10.8. The van der Waals surface area contributed by atoms with E-state index in [1.54, 1.807) is 6.07 Å². The van der Waals surface area contributed by atoms with E-state index in [0.29, 0.717) is 18.2 Å². The first-order valence-electron chi connectivity index (χ1n) is 6.10. The lowest BCUT2D eigenvalue weighted by atomic mass is 10.1. The number of hydrogen-bond acceptors (Lipinski definition) is 2. The summed E-state index contributed by atoms with van der Waals surface area (Å²) >= 11 is 5.79. The zero-order chi connectivity index (χ0) is 12.3. The average Bonchev–Trinajstić information content (AvgIpc) is 2.85. The molecule has 1 fully saturated rings. The molecular formula is C13H18ClFN2. The molecule has 94 valence electrons. The van der Waals surface area contributed by atoms with Gasteiger partial charge in [-0.15, -0.1) is 0 Å². The molecular weight excluding hydrogens is 239 g/mol. The predicted octanol–water partition coefficient (Wildman–Crippen LogP) is 2.66. The van der Waals surface area contributed by atoms with Crippen molar-refractivity contribution in [3.8, 4) is 0 Å². The van der Waals surface area contributed by atoms with Crippen LogP contribution in [0.25, 0.3) is 0 Å². The molecule has 1 unspecified atom stereocenters. The molecule has 0 saturated carbocycles. The Labute approximate surface area is 107 Å². The molecule has 0 radical (unpaired) electrons. The van der Waals surface area contributed by atoms with E-state index in [9.17, 15) is 4.39 Å². The van der Waals surface area contributed by atoms with Crippen LogP contribution in [-0.4, -0.2) is 30.6 Å². The third-order valence-electron chi connectivity index (χ3n) is 3.36. The molecule has 17 heavy (non-hydrogen) atoms. The van der Waals surface area contributed by atoms with Crippen molar-refractivity contribution in [2.75, 3.05) is 19.6 Å². The summed E-state index contributed by atoms with van der Waals surface area (Å²) in [5.74, 6) is -0.279. The Morgan fingerprint density at radius 2 is 2.35 bits per heavy atom. The van der Waals surface area contributed by atoms with Gasteiger partial charge in [0.15, 0.2) is 0 Å². The smallest absolute Gasteiger partial charge is 0.146 e. The van der Waals surface area contributed by atoms with Gasteiger partial charge in [-0.2, -0.15) is 0 Å². The second-order valence-corrected chi connectivity index (χ2v) is 4.83. The quantitative estimate of drug-likeness (QED) is 0.891.